The van der Waals surface area contributed by atoms with Gasteiger partial charge in [0.15, 0.2) is 5.65 Å². The molecular formula is C14H10N6O2. The molecule has 0 saturated heterocycles. The number of nitrogens with zero attached hydrogens (tertiary/aromatic N) is 3. The summed E-state index contributed by atoms with van der Waals surface area (Å²) in [5.41, 5.74) is 11.7. The minimum atomic E-state index is -0.519. The molecule has 1 aromatic carbocycles. The van der Waals surface area contributed by atoms with Crippen LogP contribution in [0.4, 0.5) is 11.8 Å². The number of phenolic OH excluding ortho intramolecular Hbond substituents is 1. The lowest BCUT2D eigenvalue weighted by atomic mass is 9.98. The number of hydrogen-bond acceptors (Lipinski definition) is 7. The van der Waals surface area contributed by atoms with Crippen LogP contribution in [0.1, 0.15) is 5.56 Å². The van der Waals surface area contributed by atoms with E-state index in [4.69, 9.17) is 11.5 Å². The molecule has 0 bridgehead atoms. The van der Waals surface area contributed by atoms with Gasteiger partial charge < -0.3 is 16.6 Å². The van der Waals surface area contributed by atoms with Crippen molar-refractivity contribution < 1.29 is 5.11 Å². The fourth-order valence-corrected chi connectivity index (χ4v) is 2.24. The second-order valence-electron chi connectivity index (χ2n) is 4.56. The number of nitrogens with one attached hydrogen (secondary N) is 1. The molecule has 8 nitrogen and oxygen atoms in total. The van der Waals surface area contributed by atoms with Crippen LogP contribution in [0.3, 0.4) is 0 Å². The summed E-state index contributed by atoms with van der Waals surface area (Å²) in [5, 5.41) is 18.8. The molecule has 2 heterocycles. The van der Waals surface area contributed by atoms with Crippen molar-refractivity contribution >= 4 is 22.8 Å². The summed E-state index contributed by atoms with van der Waals surface area (Å²) < 4.78 is 0. The predicted octanol–water partition coefficient (Wildman–Crippen LogP) is 0.727. The number of aromatic nitrogens is 3. The molecule has 0 saturated carbocycles. The maximum Gasteiger partial charge on any atom is 0.262 e. The van der Waals surface area contributed by atoms with E-state index in [1.807, 2.05) is 6.07 Å². The predicted molar refractivity (Wildman–Crippen MR) is 80.8 cm³/mol. The average molecular weight is 294 g/mol. The molecule has 0 aliphatic carbocycles. The first-order chi connectivity index (χ1) is 10.5. The van der Waals surface area contributed by atoms with E-state index < -0.39 is 5.56 Å². The number of aromatic hydroxyl groups is 1. The van der Waals surface area contributed by atoms with Gasteiger partial charge in [0.1, 0.15) is 23.2 Å². The Balaban J connectivity index is 2.53. The highest BCUT2D eigenvalue weighted by Gasteiger charge is 2.19. The van der Waals surface area contributed by atoms with Gasteiger partial charge in [-0.05, 0) is 17.7 Å². The van der Waals surface area contributed by atoms with Crippen LogP contribution in [0.2, 0.25) is 0 Å². The minimum Gasteiger partial charge on any atom is -0.508 e. The Bertz CT molecular complexity index is 985. The van der Waals surface area contributed by atoms with Crippen LogP contribution in [0.5, 0.6) is 5.75 Å². The van der Waals surface area contributed by atoms with Crippen molar-refractivity contribution in [3.05, 3.63) is 40.2 Å². The van der Waals surface area contributed by atoms with E-state index >= 15 is 0 Å². The molecule has 0 unspecified atom stereocenters. The van der Waals surface area contributed by atoms with Gasteiger partial charge in [-0.15, -0.1) is 0 Å². The molecule has 0 radical (unpaired) electrons. The maximum atomic E-state index is 12.2. The zero-order valence-electron chi connectivity index (χ0n) is 11.2. The van der Waals surface area contributed by atoms with Crippen molar-refractivity contribution in [1.82, 2.24) is 15.0 Å². The first-order valence-electron chi connectivity index (χ1n) is 6.19. The number of phenols is 1. The van der Waals surface area contributed by atoms with E-state index in [-0.39, 0.29) is 34.1 Å². The number of anilines is 2. The number of benzene rings is 1. The summed E-state index contributed by atoms with van der Waals surface area (Å²) >= 11 is 0. The van der Waals surface area contributed by atoms with Gasteiger partial charge in [0.05, 0.1) is 5.39 Å². The average Bonchev–Trinajstić information content (AvgIpc) is 2.46. The van der Waals surface area contributed by atoms with Gasteiger partial charge in [0.2, 0.25) is 5.95 Å². The molecule has 0 atom stereocenters. The molecule has 22 heavy (non-hydrogen) atoms. The summed E-state index contributed by atoms with van der Waals surface area (Å²) in [5.74, 6) is -0.0776. The minimum absolute atomic E-state index is 0.0458. The van der Waals surface area contributed by atoms with Gasteiger partial charge in [-0.3, -0.25) is 9.78 Å². The van der Waals surface area contributed by atoms with Crippen molar-refractivity contribution in [2.75, 3.05) is 11.5 Å². The van der Waals surface area contributed by atoms with Crippen LogP contribution in [-0.2, 0) is 0 Å². The van der Waals surface area contributed by atoms with Crippen molar-refractivity contribution in [1.29, 1.82) is 5.26 Å². The first-order valence-corrected chi connectivity index (χ1v) is 6.19. The number of fused-ring (bicyclic) bond motifs is 1. The van der Waals surface area contributed by atoms with Gasteiger partial charge in [0, 0.05) is 5.56 Å². The smallest absolute Gasteiger partial charge is 0.262 e. The standard InChI is InChI=1S/C14H10N6O2/c15-5-8-9(6-1-3-7(21)4-2-6)10-12(18-11(8)16)19-14(17)20-13(10)22/h1-4,21H,(H5,16,17,18,19,20,22). The van der Waals surface area contributed by atoms with Crippen molar-refractivity contribution in [3.63, 3.8) is 0 Å². The highest BCUT2D eigenvalue weighted by atomic mass is 16.3. The maximum absolute atomic E-state index is 12.2. The van der Waals surface area contributed by atoms with Crippen LogP contribution < -0.4 is 17.0 Å². The Morgan fingerprint density at radius 3 is 2.50 bits per heavy atom. The molecule has 2 aromatic heterocycles. The fourth-order valence-electron chi connectivity index (χ4n) is 2.24. The molecule has 0 spiro atoms. The third kappa shape index (κ3) is 1.97. The van der Waals surface area contributed by atoms with Gasteiger partial charge in [0.25, 0.3) is 5.56 Å². The van der Waals surface area contributed by atoms with Gasteiger partial charge in [-0.1, -0.05) is 12.1 Å². The summed E-state index contributed by atoms with van der Waals surface area (Å²) in [7, 11) is 0. The Labute approximate surface area is 123 Å². The molecule has 6 N–H and O–H groups in total. The Morgan fingerprint density at radius 1 is 1.18 bits per heavy atom. The topological polar surface area (TPSA) is 155 Å². The number of hydrogen-bond donors (Lipinski definition) is 4. The summed E-state index contributed by atoms with van der Waals surface area (Å²) in [6.45, 7) is 0. The number of pyridine rings is 1. The molecule has 3 aromatic rings. The molecule has 0 amide bonds. The lowest BCUT2D eigenvalue weighted by molar-refractivity contribution is 0.475. The third-order valence-corrected chi connectivity index (χ3v) is 3.17. The summed E-state index contributed by atoms with van der Waals surface area (Å²) in [6.07, 6.45) is 0. The number of H-pyrrole nitrogens is 1. The van der Waals surface area contributed by atoms with Gasteiger partial charge in [-0.2, -0.15) is 10.2 Å². The van der Waals surface area contributed by atoms with Crippen LogP contribution in [-0.4, -0.2) is 20.1 Å². The van der Waals surface area contributed by atoms with Crippen LogP contribution in [0, 0.1) is 11.3 Å². The molecule has 0 aliphatic heterocycles. The van der Waals surface area contributed by atoms with Crippen molar-refractivity contribution in [2.24, 2.45) is 0 Å². The largest absolute Gasteiger partial charge is 0.508 e. The number of nitrogens with two attached hydrogens (primary N) is 2. The van der Waals surface area contributed by atoms with Crippen molar-refractivity contribution in [2.45, 2.75) is 0 Å². The zero-order chi connectivity index (χ0) is 15.9. The molecule has 0 fully saturated rings. The molecule has 3 rings (SSSR count). The Morgan fingerprint density at radius 2 is 1.86 bits per heavy atom. The van der Waals surface area contributed by atoms with E-state index in [2.05, 4.69) is 15.0 Å². The normalized spacial score (nSPS) is 10.5. The quantitative estimate of drug-likeness (QED) is 0.515. The molecule has 8 heteroatoms. The number of nitrogen functional groups attached to an aromatic ring is 2. The van der Waals surface area contributed by atoms with E-state index in [1.54, 1.807) is 12.1 Å². The monoisotopic (exact) mass is 294 g/mol. The highest BCUT2D eigenvalue weighted by Crippen LogP contribution is 2.32. The lowest BCUT2D eigenvalue weighted by Gasteiger charge is -2.10. The fraction of sp³-hybridized carbons (Fsp3) is 0. The van der Waals surface area contributed by atoms with Crippen LogP contribution in [0.25, 0.3) is 22.2 Å². The zero-order valence-corrected chi connectivity index (χ0v) is 11.2. The Hall–Kier alpha value is -3.60. The second-order valence-corrected chi connectivity index (χ2v) is 4.56. The summed E-state index contributed by atoms with van der Waals surface area (Å²) in [6, 6.07) is 7.97. The number of aromatic amines is 1. The summed E-state index contributed by atoms with van der Waals surface area (Å²) in [4.78, 5) is 22.5. The SMILES string of the molecule is N#Cc1c(N)nc2nc(N)[nH]c(=O)c2c1-c1ccc(O)cc1. The van der Waals surface area contributed by atoms with E-state index in [0.29, 0.717) is 11.1 Å². The second kappa shape index (κ2) is 4.75. The first kappa shape index (κ1) is 13.4. The van der Waals surface area contributed by atoms with Crippen molar-refractivity contribution in [3.8, 4) is 22.9 Å². The van der Waals surface area contributed by atoms with Crippen LogP contribution >= 0.6 is 0 Å². The van der Waals surface area contributed by atoms with E-state index in [9.17, 15) is 15.2 Å². The van der Waals surface area contributed by atoms with Crippen LogP contribution in [0.15, 0.2) is 29.1 Å². The Kier molecular flexibility index (Phi) is 2.89. The third-order valence-electron chi connectivity index (χ3n) is 3.17. The van der Waals surface area contributed by atoms with Gasteiger partial charge in [-0.25, -0.2) is 4.98 Å². The lowest BCUT2D eigenvalue weighted by Crippen LogP contribution is -2.15. The molecule has 108 valence electrons. The van der Waals surface area contributed by atoms with E-state index in [0.717, 1.165) is 0 Å². The number of nitriles is 1. The highest BCUT2D eigenvalue weighted by molar-refractivity contribution is 5.97. The van der Waals surface area contributed by atoms with Gasteiger partial charge >= 0.3 is 0 Å². The molecular weight excluding hydrogens is 284 g/mol. The molecule has 0 aliphatic rings. The van der Waals surface area contributed by atoms with E-state index in [1.165, 1.54) is 12.1 Å². The number of rotatable bonds is 1.